The lowest BCUT2D eigenvalue weighted by atomic mass is 10.1. The summed E-state index contributed by atoms with van der Waals surface area (Å²) in [5, 5.41) is 13.7. The number of carboxylic acids is 1. The molecule has 0 radical (unpaired) electrons. The molecule has 0 atom stereocenters. The van der Waals surface area contributed by atoms with Gasteiger partial charge in [0, 0.05) is 24.7 Å². The molecule has 0 spiro atoms. The number of hydrogen-bond donors (Lipinski definition) is 2. The van der Waals surface area contributed by atoms with Crippen molar-refractivity contribution in [1.82, 2.24) is 9.88 Å². The summed E-state index contributed by atoms with van der Waals surface area (Å²) in [6.07, 6.45) is 3.15. The van der Waals surface area contributed by atoms with Crippen molar-refractivity contribution in [2.24, 2.45) is 0 Å². The van der Waals surface area contributed by atoms with Crippen LogP contribution in [0.25, 0.3) is 0 Å². The topological polar surface area (TPSA) is 91.8 Å². The Labute approximate surface area is 120 Å². The van der Waals surface area contributed by atoms with Gasteiger partial charge in [0.2, 0.25) is 0 Å². The van der Waals surface area contributed by atoms with Crippen LogP contribution in [0.5, 0.6) is 0 Å². The van der Waals surface area contributed by atoms with Gasteiger partial charge in [0.15, 0.2) is 5.13 Å². The summed E-state index contributed by atoms with van der Waals surface area (Å²) in [7, 11) is 0. The number of carbonyl (C=O) groups excluding carboxylic acids is 1. The van der Waals surface area contributed by atoms with Crippen LogP contribution in [-0.4, -0.2) is 52.8 Å². The highest BCUT2D eigenvalue weighted by Gasteiger charge is 2.23. The monoisotopic (exact) mass is 299 g/mol. The number of aromatic nitrogens is 1. The molecule has 1 saturated heterocycles. The highest BCUT2D eigenvalue weighted by molar-refractivity contribution is 7.13. The van der Waals surface area contributed by atoms with Gasteiger partial charge in [0.25, 0.3) is 0 Å². The maximum Gasteiger partial charge on any atom is 0.323 e. The third kappa shape index (κ3) is 4.46. The molecule has 0 aromatic carbocycles. The number of nitrogens with one attached hydrogen (secondary N) is 1. The zero-order valence-corrected chi connectivity index (χ0v) is 11.8. The molecule has 2 N–H and O–H groups in total. The smallest absolute Gasteiger partial charge is 0.323 e. The van der Waals surface area contributed by atoms with E-state index in [2.05, 4.69) is 10.3 Å². The predicted molar refractivity (Wildman–Crippen MR) is 73.9 cm³/mol. The summed E-state index contributed by atoms with van der Waals surface area (Å²) < 4.78 is 5.48. The highest BCUT2D eigenvalue weighted by Crippen LogP contribution is 2.16. The zero-order valence-electron chi connectivity index (χ0n) is 10.9. The van der Waals surface area contributed by atoms with E-state index in [9.17, 15) is 9.59 Å². The van der Waals surface area contributed by atoms with Crippen LogP contribution in [0.2, 0.25) is 0 Å². The summed E-state index contributed by atoms with van der Waals surface area (Å²) in [6.45, 7) is 1.44. The number of nitrogens with zero attached hydrogens (tertiary/aromatic N) is 2. The number of thiazole rings is 1. The Balaban J connectivity index is 1.68. The molecule has 110 valence electrons. The summed E-state index contributed by atoms with van der Waals surface area (Å²) in [5.41, 5.74) is 0. The van der Waals surface area contributed by atoms with E-state index in [-0.39, 0.29) is 25.2 Å². The van der Waals surface area contributed by atoms with Crippen molar-refractivity contribution in [3.8, 4) is 0 Å². The van der Waals surface area contributed by atoms with Gasteiger partial charge >= 0.3 is 12.0 Å². The fourth-order valence-corrected chi connectivity index (χ4v) is 2.51. The van der Waals surface area contributed by atoms with Gasteiger partial charge in [-0.2, -0.15) is 0 Å². The molecule has 0 aliphatic carbocycles. The van der Waals surface area contributed by atoms with Crippen molar-refractivity contribution < 1.29 is 19.4 Å². The molecule has 7 nitrogen and oxygen atoms in total. The average molecular weight is 299 g/mol. The van der Waals surface area contributed by atoms with Gasteiger partial charge in [-0.1, -0.05) is 0 Å². The van der Waals surface area contributed by atoms with Gasteiger partial charge in [-0.25, -0.2) is 9.78 Å². The minimum absolute atomic E-state index is 0.0186. The minimum atomic E-state index is -0.856. The van der Waals surface area contributed by atoms with Crippen LogP contribution < -0.4 is 5.32 Å². The molecule has 1 fully saturated rings. The van der Waals surface area contributed by atoms with Gasteiger partial charge < -0.3 is 14.7 Å². The molecule has 2 rings (SSSR count). The molecule has 0 unspecified atom stereocenters. The van der Waals surface area contributed by atoms with Crippen molar-refractivity contribution in [1.29, 1.82) is 0 Å². The Morgan fingerprint density at radius 2 is 2.25 bits per heavy atom. The SMILES string of the molecule is O=C(O)CCOC1CCN(C(=O)Nc2nccs2)CC1. The maximum atomic E-state index is 11.9. The summed E-state index contributed by atoms with van der Waals surface area (Å²) >= 11 is 1.38. The molecule has 0 bridgehead atoms. The molecule has 2 amide bonds. The molecule has 1 aliphatic heterocycles. The number of likely N-dealkylation sites (tertiary alicyclic amines) is 1. The number of aliphatic carboxylic acids is 1. The van der Waals surface area contributed by atoms with E-state index in [0.29, 0.717) is 18.2 Å². The van der Waals surface area contributed by atoms with E-state index in [1.54, 1.807) is 16.5 Å². The van der Waals surface area contributed by atoms with Gasteiger partial charge in [0.1, 0.15) is 0 Å². The Morgan fingerprint density at radius 1 is 1.50 bits per heavy atom. The average Bonchev–Trinajstić information content (AvgIpc) is 2.92. The van der Waals surface area contributed by atoms with E-state index in [1.165, 1.54) is 11.3 Å². The Bertz CT molecular complexity index is 444. The number of piperidine rings is 1. The van der Waals surface area contributed by atoms with Crippen molar-refractivity contribution >= 4 is 28.5 Å². The Kier molecular flexibility index (Phi) is 5.31. The molecule has 2 heterocycles. The lowest BCUT2D eigenvalue weighted by Gasteiger charge is -2.31. The third-order valence-corrected chi connectivity index (χ3v) is 3.73. The van der Waals surface area contributed by atoms with E-state index < -0.39 is 5.97 Å². The minimum Gasteiger partial charge on any atom is -0.481 e. The summed E-state index contributed by atoms with van der Waals surface area (Å²) in [4.78, 5) is 28.0. The molecular formula is C12H17N3O4S. The fraction of sp³-hybridized carbons (Fsp3) is 0.583. The first kappa shape index (κ1) is 14.7. The first-order valence-electron chi connectivity index (χ1n) is 6.44. The quantitative estimate of drug-likeness (QED) is 0.862. The third-order valence-electron chi connectivity index (χ3n) is 3.04. The number of carbonyl (C=O) groups is 2. The van der Waals surface area contributed by atoms with Crippen LogP contribution in [0.4, 0.5) is 9.93 Å². The van der Waals surface area contributed by atoms with E-state index in [4.69, 9.17) is 9.84 Å². The number of urea groups is 1. The fourth-order valence-electron chi connectivity index (χ4n) is 1.99. The Hall–Kier alpha value is -1.67. The molecule has 1 aliphatic rings. The second-order valence-electron chi connectivity index (χ2n) is 4.47. The van der Waals surface area contributed by atoms with Crippen molar-refractivity contribution in [2.75, 3.05) is 25.0 Å². The number of hydrogen-bond acceptors (Lipinski definition) is 5. The van der Waals surface area contributed by atoms with Crippen LogP contribution in [0, 0.1) is 0 Å². The Morgan fingerprint density at radius 3 is 2.85 bits per heavy atom. The summed E-state index contributed by atoms with van der Waals surface area (Å²) in [6, 6.07) is -0.149. The van der Waals surface area contributed by atoms with Gasteiger partial charge in [0.05, 0.1) is 19.1 Å². The molecule has 1 aromatic rings. The second-order valence-corrected chi connectivity index (χ2v) is 5.36. The van der Waals surface area contributed by atoms with Gasteiger partial charge in [-0.3, -0.25) is 10.1 Å². The van der Waals surface area contributed by atoms with Crippen LogP contribution in [0.1, 0.15) is 19.3 Å². The maximum absolute atomic E-state index is 11.9. The van der Waals surface area contributed by atoms with Crippen LogP contribution in [0.15, 0.2) is 11.6 Å². The van der Waals surface area contributed by atoms with Crippen molar-refractivity contribution in [3.63, 3.8) is 0 Å². The zero-order chi connectivity index (χ0) is 14.4. The van der Waals surface area contributed by atoms with Crippen LogP contribution >= 0.6 is 11.3 Å². The van der Waals surface area contributed by atoms with Gasteiger partial charge in [-0.05, 0) is 12.8 Å². The van der Waals surface area contributed by atoms with E-state index >= 15 is 0 Å². The molecule has 0 saturated carbocycles. The highest BCUT2D eigenvalue weighted by atomic mass is 32.1. The largest absolute Gasteiger partial charge is 0.481 e. The first-order valence-corrected chi connectivity index (χ1v) is 7.32. The van der Waals surface area contributed by atoms with Crippen LogP contribution in [0.3, 0.4) is 0 Å². The second kappa shape index (κ2) is 7.20. The van der Waals surface area contributed by atoms with E-state index in [1.807, 2.05) is 0 Å². The number of carboxylic acid groups (broad SMARTS) is 1. The number of amides is 2. The molecule has 20 heavy (non-hydrogen) atoms. The van der Waals surface area contributed by atoms with E-state index in [0.717, 1.165) is 12.8 Å². The normalized spacial score (nSPS) is 16.1. The predicted octanol–water partition coefficient (Wildman–Crippen LogP) is 1.63. The van der Waals surface area contributed by atoms with Crippen molar-refractivity contribution in [3.05, 3.63) is 11.6 Å². The molecular weight excluding hydrogens is 282 g/mol. The molecule has 8 heteroatoms. The summed E-state index contributed by atoms with van der Waals surface area (Å²) in [5.74, 6) is -0.856. The lowest BCUT2D eigenvalue weighted by molar-refractivity contribution is -0.138. The van der Waals surface area contributed by atoms with Crippen LogP contribution in [-0.2, 0) is 9.53 Å². The van der Waals surface area contributed by atoms with Crippen molar-refractivity contribution in [2.45, 2.75) is 25.4 Å². The number of ether oxygens (including phenoxy) is 1. The standard InChI is InChI=1S/C12H17N3O4S/c16-10(17)3-7-19-9-1-5-15(6-2-9)12(18)14-11-13-4-8-20-11/h4,8-9H,1-3,5-7H2,(H,16,17)(H,13,14,18). The number of anilines is 1. The number of rotatable bonds is 5. The lowest BCUT2D eigenvalue weighted by Crippen LogP contribution is -2.43. The molecule has 1 aromatic heterocycles. The first-order chi connectivity index (χ1) is 9.65. The van der Waals surface area contributed by atoms with Gasteiger partial charge in [-0.15, -0.1) is 11.3 Å².